The molecule has 3 aromatic rings. The van der Waals surface area contributed by atoms with Gasteiger partial charge in [0.25, 0.3) is 0 Å². The van der Waals surface area contributed by atoms with E-state index in [0.717, 1.165) is 16.0 Å². The number of hydrogen-bond donors (Lipinski definition) is 2. The van der Waals surface area contributed by atoms with Crippen LogP contribution in [0.25, 0.3) is 0 Å². The highest BCUT2D eigenvalue weighted by molar-refractivity contribution is 7.80. The number of methoxy groups -OCH3 is 1. The Bertz CT molecular complexity index is 1080. The first-order valence-corrected chi connectivity index (χ1v) is 10.5. The monoisotopic (exact) mass is 468 g/mol. The minimum atomic E-state index is -0.417. The van der Waals surface area contributed by atoms with Crippen molar-refractivity contribution in [2.45, 2.75) is 20.4 Å². The molecule has 2 aromatic heterocycles. The van der Waals surface area contributed by atoms with Gasteiger partial charge in [0.2, 0.25) is 0 Å². The van der Waals surface area contributed by atoms with Crippen LogP contribution in [0.5, 0.6) is 0 Å². The predicted molar refractivity (Wildman–Crippen MR) is 123 cm³/mol. The van der Waals surface area contributed by atoms with Gasteiger partial charge in [0.1, 0.15) is 10.0 Å². The minimum absolute atomic E-state index is 0.265. The molecule has 3 rings (SSSR count). The van der Waals surface area contributed by atoms with Gasteiger partial charge < -0.3 is 15.4 Å². The largest absolute Gasteiger partial charge is 0.465 e. The lowest BCUT2D eigenvalue weighted by atomic mass is 10.1. The second kappa shape index (κ2) is 9.13. The van der Waals surface area contributed by atoms with Crippen molar-refractivity contribution in [2.75, 3.05) is 17.7 Å². The molecule has 0 aliphatic rings. The Hall–Kier alpha value is -2.13. The number of esters is 1. The highest BCUT2D eigenvalue weighted by Gasteiger charge is 2.21. The maximum absolute atomic E-state index is 12.1. The number of ether oxygens (including phenoxy) is 1. The van der Waals surface area contributed by atoms with Crippen LogP contribution in [0.4, 0.5) is 10.8 Å². The number of nitrogens with zero attached hydrogens (tertiary/aromatic N) is 2. The lowest BCUT2D eigenvalue weighted by Crippen LogP contribution is -2.20. The fraction of sp³-hybridized carbons (Fsp3) is 0.211. The quantitative estimate of drug-likeness (QED) is 0.379. The van der Waals surface area contributed by atoms with E-state index in [1.165, 1.54) is 18.4 Å². The number of thiophene rings is 1. The molecule has 2 heterocycles. The van der Waals surface area contributed by atoms with Gasteiger partial charge in [0, 0.05) is 16.1 Å². The highest BCUT2D eigenvalue weighted by atomic mass is 35.5. The smallest absolute Gasteiger partial charge is 0.341 e. The number of carbonyl (C=O) groups is 1. The van der Waals surface area contributed by atoms with E-state index in [-0.39, 0.29) is 5.11 Å². The molecule has 0 spiro atoms. The molecule has 0 unspecified atom stereocenters. The lowest BCUT2D eigenvalue weighted by Gasteiger charge is -2.09. The van der Waals surface area contributed by atoms with E-state index in [2.05, 4.69) is 15.7 Å². The fourth-order valence-electron chi connectivity index (χ4n) is 2.67. The molecule has 1 aromatic carbocycles. The van der Waals surface area contributed by atoms with Crippen LogP contribution in [0.2, 0.25) is 10.0 Å². The second-order valence-corrected chi connectivity index (χ2v) is 8.62. The van der Waals surface area contributed by atoms with Gasteiger partial charge in [-0.15, -0.1) is 11.3 Å². The summed E-state index contributed by atoms with van der Waals surface area (Å²) in [5.74, 6) is -0.0139. The van der Waals surface area contributed by atoms with Crippen molar-refractivity contribution in [3.8, 4) is 0 Å². The summed E-state index contributed by atoms with van der Waals surface area (Å²) in [6.45, 7) is 4.27. The third-order valence-corrected chi connectivity index (χ3v) is 6.21. The highest BCUT2D eigenvalue weighted by Crippen LogP contribution is 2.33. The molecule has 6 nitrogen and oxygen atoms in total. The summed E-state index contributed by atoms with van der Waals surface area (Å²) >= 11 is 19.3. The van der Waals surface area contributed by atoms with Crippen LogP contribution in [0.1, 0.15) is 26.4 Å². The Balaban J connectivity index is 1.74. The van der Waals surface area contributed by atoms with Crippen molar-refractivity contribution in [3.05, 3.63) is 62.1 Å². The normalized spacial score (nSPS) is 10.7. The van der Waals surface area contributed by atoms with Gasteiger partial charge in [-0.3, -0.25) is 4.68 Å². The molecule has 29 heavy (non-hydrogen) atoms. The first-order chi connectivity index (χ1) is 13.8. The number of aryl methyl sites for hydroxylation is 1. The summed E-state index contributed by atoms with van der Waals surface area (Å²) in [5.41, 5.74) is 2.25. The van der Waals surface area contributed by atoms with Gasteiger partial charge in [0.05, 0.1) is 19.2 Å². The fourth-order valence-corrected chi connectivity index (χ4v) is 4.38. The zero-order valence-electron chi connectivity index (χ0n) is 15.9. The number of carbonyl (C=O) groups excluding carboxylic acids is 1. The average Bonchev–Trinajstić information content (AvgIpc) is 3.15. The standard InChI is InChI=1S/C19H18Cl2N4O2S2/c1-10-11(2)29-17(15(10)18(26)27-3)23-19(28)22-16-14(21)9-25(24-16)8-12-6-4-5-7-13(12)20/h4-7,9H,8H2,1-3H3,(H2,22,23,24,28). The number of halogens is 2. The van der Waals surface area contributed by atoms with E-state index < -0.39 is 5.97 Å². The molecule has 0 bridgehead atoms. The number of anilines is 2. The maximum atomic E-state index is 12.1. The Morgan fingerprint density at radius 3 is 2.66 bits per heavy atom. The summed E-state index contributed by atoms with van der Waals surface area (Å²) in [5, 5.41) is 12.4. The third kappa shape index (κ3) is 4.90. The zero-order valence-corrected chi connectivity index (χ0v) is 19.0. The Morgan fingerprint density at radius 2 is 1.97 bits per heavy atom. The summed E-state index contributed by atoms with van der Waals surface area (Å²) in [6, 6.07) is 7.53. The average molecular weight is 469 g/mol. The van der Waals surface area contributed by atoms with E-state index in [1.807, 2.05) is 38.1 Å². The van der Waals surface area contributed by atoms with Gasteiger partial charge in [-0.1, -0.05) is 41.4 Å². The van der Waals surface area contributed by atoms with Gasteiger partial charge >= 0.3 is 5.97 Å². The summed E-state index contributed by atoms with van der Waals surface area (Å²) in [7, 11) is 1.35. The lowest BCUT2D eigenvalue weighted by molar-refractivity contribution is 0.0601. The van der Waals surface area contributed by atoms with Crippen molar-refractivity contribution in [3.63, 3.8) is 0 Å². The molecule has 0 saturated carbocycles. The van der Waals surface area contributed by atoms with Crippen molar-refractivity contribution in [1.82, 2.24) is 9.78 Å². The predicted octanol–water partition coefficient (Wildman–Crippen LogP) is 5.51. The molecule has 152 valence electrons. The topological polar surface area (TPSA) is 68.2 Å². The van der Waals surface area contributed by atoms with Crippen LogP contribution < -0.4 is 10.6 Å². The van der Waals surface area contributed by atoms with E-state index in [0.29, 0.717) is 33.0 Å². The molecule has 2 N–H and O–H groups in total. The minimum Gasteiger partial charge on any atom is -0.465 e. The van der Waals surface area contributed by atoms with Crippen molar-refractivity contribution in [1.29, 1.82) is 0 Å². The van der Waals surface area contributed by atoms with Crippen LogP contribution >= 0.6 is 46.8 Å². The maximum Gasteiger partial charge on any atom is 0.341 e. The molecular weight excluding hydrogens is 451 g/mol. The van der Waals surface area contributed by atoms with Crippen molar-refractivity contribution in [2.24, 2.45) is 0 Å². The van der Waals surface area contributed by atoms with Gasteiger partial charge in [0.15, 0.2) is 10.9 Å². The number of aromatic nitrogens is 2. The number of benzene rings is 1. The SMILES string of the molecule is COC(=O)c1c(NC(=S)Nc2nn(Cc3ccccc3Cl)cc2Cl)sc(C)c1C. The molecule has 0 aliphatic heterocycles. The first-order valence-electron chi connectivity index (χ1n) is 8.52. The zero-order chi connectivity index (χ0) is 21.1. The molecule has 0 fully saturated rings. The van der Waals surface area contributed by atoms with Crippen LogP contribution in [-0.4, -0.2) is 28.0 Å². The summed E-state index contributed by atoms with van der Waals surface area (Å²) in [6.07, 6.45) is 1.69. The Labute approximate surface area is 187 Å². The first kappa shape index (κ1) is 21.6. The third-order valence-electron chi connectivity index (χ3n) is 4.24. The number of rotatable bonds is 5. The van der Waals surface area contributed by atoms with Crippen LogP contribution in [-0.2, 0) is 11.3 Å². The van der Waals surface area contributed by atoms with Gasteiger partial charge in [-0.2, -0.15) is 5.10 Å². The number of hydrogen-bond acceptors (Lipinski definition) is 5. The second-order valence-electron chi connectivity index (χ2n) is 6.17. The number of thiocarbonyl (C=S) groups is 1. The van der Waals surface area contributed by atoms with E-state index in [4.69, 9.17) is 40.2 Å². The molecule has 10 heteroatoms. The summed E-state index contributed by atoms with van der Waals surface area (Å²) in [4.78, 5) is 13.1. The van der Waals surface area contributed by atoms with E-state index in [1.54, 1.807) is 10.9 Å². The van der Waals surface area contributed by atoms with Gasteiger partial charge in [-0.25, -0.2) is 4.79 Å². The van der Waals surface area contributed by atoms with Crippen LogP contribution in [0.3, 0.4) is 0 Å². The van der Waals surface area contributed by atoms with Crippen LogP contribution in [0.15, 0.2) is 30.5 Å². The Kier molecular flexibility index (Phi) is 6.79. The van der Waals surface area contributed by atoms with Crippen molar-refractivity contribution >= 4 is 68.7 Å². The molecule has 0 saturated heterocycles. The molecule has 0 atom stereocenters. The van der Waals surface area contributed by atoms with E-state index >= 15 is 0 Å². The molecular formula is C19H18Cl2N4O2S2. The van der Waals surface area contributed by atoms with Crippen LogP contribution in [0, 0.1) is 13.8 Å². The van der Waals surface area contributed by atoms with Crippen molar-refractivity contribution < 1.29 is 9.53 Å². The molecule has 0 radical (unpaired) electrons. The molecule has 0 aliphatic carbocycles. The molecule has 0 amide bonds. The Morgan fingerprint density at radius 1 is 1.24 bits per heavy atom. The van der Waals surface area contributed by atoms with Gasteiger partial charge in [-0.05, 0) is 43.3 Å². The summed E-state index contributed by atoms with van der Waals surface area (Å²) < 4.78 is 6.55. The van der Waals surface area contributed by atoms with E-state index in [9.17, 15) is 4.79 Å². The number of nitrogens with one attached hydrogen (secondary N) is 2.